The maximum atomic E-state index is 11.0. The van der Waals surface area contributed by atoms with Gasteiger partial charge in [-0.15, -0.1) is 0 Å². The minimum Gasteiger partial charge on any atom is -0.493 e. The SMILES string of the molecule is COc1c(C(C)(C)CO)cc(Cl)c(C=O)c1OC. The van der Waals surface area contributed by atoms with Crippen LogP contribution in [-0.4, -0.2) is 32.2 Å². The van der Waals surface area contributed by atoms with Gasteiger partial charge >= 0.3 is 0 Å². The Morgan fingerprint density at radius 2 is 1.89 bits per heavy atom. The highest BCUT2D eigenvalue weighted by molar-refractivity contribution is 6.33. The lowest BCUT2D eigenvalue weighted by molar-refractivity contribution is 0.112. The molecular formula is C13H17ClO4. The summed E-state index contributed by atoms with van der Waals surface area (Å²) in [4.78, 5) is 11.0. The van der Waals surface area contributed by atoms with Gasteiger partial charge in [-0.05, 0) is 6.07 Å². The largest absolute Gasteiger partial charge is 0.493 e. The minimum absolute atomic E-state index is 0.0801. The summed E-state index contributed by atoms with van der Waals surface area (Å²) in [5.41, 5.74) is 0.386. The fourth-order valence-electron chi connectivity index (χ4n) is 1.73. The van der Waals surface area contributed by atoms with Crippen molar-refractivity contribution in [1.29, 1.82) is 0 Å². The van der Waals surface area contributed by atoms with Crippen LogP contribution in [0.3, 0.4) is 0 Å². The van der Waals surface area contributed by atoms with Gasteiger partial charge < -0.3 is 14.6 Å². The predicted molar refractivity (Wildman–Crippen MR) is 70.1 cm³/mol. The zero-order chi connectivity index (χ0) is 13.9. The summed E-state index contributed by atoms with van der Waals surface area (Å²) in [6.07, 6.45) is 0.624. The summed E-state index contributed by atoms with van der Waals surface area (Å²) in [6, 6.07) is 1.63. The monoisotopic (exact) mass is 272 g/mol. The molecule has 0 radical (unpaired) electrons. The van der Waals surface area contributed by atoms with Crippen molar-refractivity contribution >= 4 is 17.9 Å². The molecule has 0 aliphatic heterocycles. The third-order valence-electron chi connectivity index (χ3n) is 2.87. The van der Waals surface area contributed by atoms with Crippen LogP contribution in [0.25, 0.3) is 0 Å². The molecule has 1 N–H and O–H groups in total. The summed E-state index contributed by atoms with van der Waals surface area (Å²) < 4.78 is 10.5. The number of carbonyl (C=O) groups excluding carboxylic acids is 1. The Morgan fingerprint density at radius 3 is 2.28 bits per heavy atom. The van der Waals surface area contributed by atoms with Crippen LogP contribution in [0.1, 0.15) is 29.8 Å². The van der Waals surface area contributed by atoms with Crippen molar-refractivity contribution in [2.45, 2.75) is 19.3 Å². The highest BCUT2D eigenvalue weighted by Crippen LogP contribution is 2.43. The van der Waals surface area contributed by atoms with Crippen LogP contribution in [0.2, 0.25) is 5.02 Å². The molecule has 0 aromatic heterocycles. The number of aldehydes is 1. The Labute approximate surface area is 111 Å². The van der Waals surface area contributed by atoms with Crippen LogP contribution >= 0.6 is 11.6 Å². The molecule has 0 fully saturated rings. The van der Waals surface area contributed by atoms with Crippen molar-refractivity contribution in [3.8, 4) is 11.5 Å². The average Bonchev–Trinajstić information content (AvgIpc) is 2.37. The highest BCUT2D eigenvalue weighted by atomic mass is 35.5. The molecular weight excluding hydrogens is 256 g/mol. The quantitative estimate of drug-likeness (QED) is 0.837. The van der Waals surface area contributed by atoms with Gasteiger partial charge in [0.15, 0.2) is 17.8 Å². The number of methoxy groups -OCH3 is 2. The third kappa shape index (κ3) is 2.44. The second-order valence-electron chi connectivity index (χ2n) is 4.55. The van der Waals surface area contributed by atoms with Crippen LogP contribution in [-0.2, 0) is 5.41 Å². The molecule has 0 saturated carbocycles. The lowest BCUT2D eigenvalue weighted by atomic mass is 9.84. The van der Waals surface area contributed by atoms with Gasteiger partial charge in [-0.1, -0.05) is 25.4 Å². The molecule has 0 atom stereocenters. The Kier molecular flexibility index (Phi) is 4.59. The second kappa shape index (κ2) is 5.59. The molecule has 100 valence electrons. The van der Waals surface area contributed by atoms with E-state index in [9.17, 15) is 9.90 Å². The molecule has 0 aliphatic carbocycles. The van der Waals surface area contributed by atoms with E-state index in [4.69, 9.17) is 21.1 Å². The first-order valence-electron chi connectivity index (χ1n) is 5.44. The molecule has 1 rings (SSSR count). The van der Waals surface area contributed by atoms with E-state index in [2.05, 4.69) is 0 Å². The Morgan fingerprint density at radius 1 is 1.33 bits per heavy atom. The minimum atomic E-state index is -0.552. The number of halogens is 1. The van der Waals surface area contributed by atoms with E-state index in [0.717, 1.165) is 0 Å². The topological polar surface area (TPSA) is 55.8 Å². The summed E-state index contributed by atoms with van der Waals surface area (Å²) >= 11 is 6.06. The summed E-state index contributed by atoms with van der Waals surface area (Å²) in [6.45, 7) is 3.62. The number of hydrogen-bond acceptors (Lipinski definition) is 4. The maximum Gasteiger partial charge on any atom is 0.173 e. The zero-order valence-electron chi connectivity index (χ0n) is 10.9. The smallest absolute Gasteiger partial charge is 0.173 e. The van der Waals surface area contributed by atoms with Crippen LogP contribution in [0.5, 0.6) is 11.5 Å². The molecule has 4 nitrogen and oxygen atoms in total. The Balaban J connectivity index is 3.64. The van der Waals surface area contributed by atoms with Crippen molar-refractivity contribution in [2.24, 2.45) is 0 Å². The summed E-state index contributed by atoms with van der Waals surface area (Å²) in [7, 11) is 2.92. The van der Waals surface area contributed by atoms with Crippen molar-refractivity contribution in [2.75, 3.05) is 20.8 Å². The molecule has 0 bridgehead atoms. The van der Waals surface area contributed by atoms with Gasteiger partial charge in [0, 0.05) is 11.0 Å². The molecule has 0 spiro atoms. The van der Waals surface area contributed by atoms with Gasteiger partial charge in [0.05, 0.1) is 31.4 Å². The first-order chi connectivity index (χ1) is 8.42. The molecule has 0 saturated heterocycles. The van der Waals surface area contributed by atoms with Gasteiger partial charge in [-0.25, -0.2) is 0 Å². The van der Waals surface area contributed by atoms with Crippen LogP contribution in [0.15, 0.2) is 6.07 Å². The van der Waals surface area contributed by atoms with Crippen molar-refractivity contribution in [3.63, 3.8) is 0 Å². The van der Waals surface area contributed by atoms with E-state index in [0.29, 0.717) is 17.6 Å². The van der Waals surface area contributed by atoms with Crippen LogP contribution < -0.4 is 9.47 Å². The van der Waals surface area contributed by atoms with Crippen LogP contribution in [0.4, 0.5) is 0 Å². The van der Waals surface area contributed by atoms with Gasteiger partial charge in [0.25, 0.3) is 0 Å². The molecule has 0 unspecified atom stereocenters. The third-order valence-corrected chi connectivity index (χ3v) is 3.19. The van der Waals surface area contributed by atoms with Crippen molar-refractivity contribution in [1.82, 2.24) is 0 Å². The number of rotatable bonds is 5. The first-order valence-corrected chi connectivity index (χ1v) is 5.81. The molecule has 5 heteroatoms. The molecule has 1 aromatic rings. The zero-order valence-corrected chi connectivity index (χ0v) is 11.7. The van der Waals surface area contributed by atoms with Gasteiger partial charge in [-0.2, -0.15) is 0 Å². The summed E-state index contributed by atoms with van der Waals surface area (Å²) in [5, 5.41) is 9.72. The van der Waals surface area contributed by atoms with Gasteiger partial charge in [-0.3, -0.25) is 4.79 Å². The number of aliphatic hydroxyl groups is 1. The first kappa shape index (κ1) is 14.8. The van der Waals surface area contributed by atoms with E-state index >= 15 is 0 Å². The normalized spacial score (nSPS) is 11.2. The average molecular weight is 273 g/mol. The Bertz CT molecular complexity index is 455. The van der Waals surface area contributed by atoms with E-state index < -0.39 is 5.41 Å². The fraction of sp³-hybridized carbons (Fsp3) is 0.462. The summed E-state index contributed by atoms with van der Waals surface area (Å²) in [5.74, 6) is 0.708. The number of hydrogen-bond donors (Lipinski definition) is 1. The predicted octanol–water partition coefficient (Wildman–Crippen LogP) is 2.44. The maximum absolute atomic E-state index is 11.0. The lowest BCUT2D eigenvalue weighted by Crippen LogP contribution is -2.23. The molecule has 1 aromatic carbocycles. The van der Waals surface area contributed by atoms with E-state index in [1.807, 2.05) is 13.8 Å². The molecule has 18 heavy (non-hydrogen) atoms. The Hall–Kier alpha value is -1.26. The lowest BCUT2D eigenvalue weighted by Gasteiger charge is -2.26. The fourth-order valence-corrected chi connectivity index (χ4v) is 1.97. The van der Waals surface area contributed by atoms with Crippen molar-refractivity contribution in [3.05, 3.63) is 22.2 Å². The standard InChI is InChI=1S/C13H17ClO4/c1-13(2,7-16)9-5-10(14)8(6-15)11(17-3)12(9)18-4/h5-6,16H,7H2,1-4H3. The van der Waals surface area contributed by atoms with E-state index in [1.54, 1.807) is 6.07 Å². The second-order valence-corrected chi connectivity index (χ2v) is 4.95. The molecule has 0 amide bonds. The number of aliphatic hydroxyl groups excluding tert-OH is 1. The van der Waals surface area contributed by atoms with Gasteiger partial charge in [0.1, 0.15) is 0 Å². The van der Waals surface area contributed by atoms with E-state index in [-0.39, 0.29) is 22.9 Å². The van der Waals surface area contributed by atoms with Crippen molar-refractivity contribution < 1.29 is 19.4 Å². The molecule has 0 heterocycles. The van der Waals surface area contributed by atoms with Gasteiger partial charge in [0.2, 0.25) is 0 Å². The number of ether oxygens (including phenoxy) is 2. The highest BCUT2D eigenvalue weighted by Gasteiger charge is 2.28. The van der Waals surface area contributed by atoms with Crippen LogP contribution in [0, 0.1) is 0 Å². The number of benzene rings is 1. The van der Waals surface area contributed by atoms with E-state index in [1.165, 1.54) is 14.2 Å². The molecule has 0 aliphatic rings. The number of carbonyl (C=O) groups is 1.